The van der Waals surface area contributed by atoms with Gasteiger partial charge in [-0.15, -0.1) is 5.12 Å². The average molecular weight is 395 g/mol. The van der Waals surface area contributed by atoms with Gasteiger partial charge in [-0.25, -0.2) is 9.59 Å². The van der Waals surface area contributed by atoms with Crippen LogP contribution in [0.1, 0.15) is 32.4 Å². The molecule has 2 unspecified atom stereocenters. The molecule has 154 valence electrons. The van der Waals surface area contributed by atoms with E-state index < -0.39 is 30.4 Å². The van der Waals surface area contributed by atoms with E-state index in [1.54, 1.807) is 17.0 Å². The van der Waals surface area contributed by atoms with Crippen LogP contribution in [-0.2, 0) is 9.47 Å². The van der Waals surface area contributed by atoms with E-state index in [0.29, 0.717) is 31.7 Å². The second-order valence-corrected chi connectivity index (χ2v) is 7.91. The van der Waals surface area contributed by atoms with Crippen molar-refractivity contribution in [2.45, 2.75) is 38.5 Å². The van der Waals surface area contributed by atoms with E-state index >= 15 is 0 Å². The Hall–Kier alpha value is -2.55. The minimum atomic E-state index is -1.09. The van der Waals surface area contributed by atoms with Gasteiger partial charge in [-0.1, -0.05) is 16.6 Å². The van der Waals surface area contributed by atoms with Gasteiger partial charge in [0.2, 0.25) is 0 Å². The van der Waals surface area contributed by atoms with Crippen molar-refractivity contribution < 1.29 is 28.7 Å². The Morgan fingerprint density at radius 2 is 1.82 bits per heavy atom. The highest BCUT2D eigenvalue weighted by molar-refractivity contribution is 5.70. The van der Waals surface area contributed by atoms with Gasteiger partial charge in [-0.3, -0.25) is 0 Å². The molecule has 0 saturated carbocycles. The molecule has 0 aliphatic carbocycles. The monoisotopic (exact) mass is 395 g/mol. The molecular weight excluding hydrogens is 369 g/mol. The molecule has 2 aliphatic rings. The summed E-state index contributed by atoms with van der Waals surface area (Å²) in [4.78, 5) is 27.3. The molecule has 8 nitrogen and oxygen atoms in total. The summed E-state index contributed by atoms with van der Waals surface area (Å²) in [6, 6.07) is 6.15. The summed E-state index contributed by atoms with van der Waals surface area (Å²) in [6.07, 6.45) is -2.33. The lowest BCUT2D eigenvalue weighted by Gasteiger charge is -2.36. The molecule has 2 atom stereocenters. The Labute approximate surface area is 163 Å². The largest absolute Gasteiger partial charge is 0.444 e. The molecule has 2 fully saturated rings. The van der Waals surface area contributed by atoms with Crippen molar-refractivity contribution in [3.63, 3.8) is 0 Å². The topological polar surface area (TPSA) is 82.5 Å². The summed E-state index contributed by atoms with van der Waals surface area (Å²) in [6.45, 7) is 7.46. The third kappa shape index (κ3) is 4.30. The summed E-state index contributed by atoms with van der Waals surface area (Å²) in [5.41, 5.74) is 0.957. The zero-order chi connectivity index (χ0) is 20.5. The summed E-state index contributed by atoms with van der Waals surface area (Å²) < 4.78 is 24.2. The molecule has 2 saturated heterocycles. The first-order valence-electron chi connectivity index (χ1n) is 9.29. The zero-order valence-electron chi connectivity index (χ0n) is 16.3. The maximum atomic E-state index is 14.0. The molecule has 1 N–H and O–H groups in total. The average Bonchev–Trinajstić information content (AvgIpc) is 2.95. The number of aliphatic hydroxyl groups excluding tert-OH is 1. The van der Waals surface area contributed by atoms with E-state index in [1.165, 1.54) is 0 Å². The SMILES string of the molecule is CC(C)(C)OC(=O)N1CCN(c2ccc(C3C(CO)OC(=O)N3F)cc2)CC1. The molecule has 3 rings (SSSR count). The van der Waals surface area contributed by atoms with Gasteiger partial charge < -0.3 is 24.4 Å². The minimum absolute atomic E-state index is 0.00942. The Bertz CT molecular complexity index is 713. The maximum absolute atomic E-state index is 14.0. The number of carbonyl (C=O) groups is 2. The predicted molar refractivity (Wildman–Crippen MR) is 99.5 cm³/mol. The summed E-state index contributed by atoms with van der Waals surface area (Å²) in [5, 5.41) is 9.32. The normalized spacial score (nSPS) is 23.0. The lowest BCUT2D eigenvalue weighted by atomic mass is 10.0. The van der Waals surface area contributed by atoms with Gasteiger partial charge in [0.15, 0.2) is 6.10 Å². The highest BCUT2D eigenvalue weighted by Gasteiger charge is 2.43. The molecule has 0 radical (unpaired) electrons. The van der Waals surface area contributed by atoms with E-state index in [0.717, 1.165) is 5.69 Å². The fourth-order valence-electron chi connectivity index (χ4n) is 3.34. The van der Waals surface area contributed by atoms with Gasteiger partial charge in [-0.2, -0.15) is 0 Å². The first-order valence-corrected chi connectivity index (χ1v) is 9.29. The van der Waals surface area contributed by atoms with Gasteiger partial charge in [-0.05, 0) is 38.5 Å². The van der Waals surface area contributed by atoms with E-state index in [1.807, 2.05) is 32.9 Å². The number of cyclic esters (lactones) is 1. The van der Waals surface area contributed by atoms with Crippen molar-refractivity contribution in [3.05, 3.63) is 29.8 Å². The second-order valence-electron chi connectivity index (χ2n) is 7.91. The summed E-state index contributed by atoms with van der Waals surface area (Å²) in [7, 11) is 0. The number of amides is 2. The number of aliphatic hydroxyl groups is 1. The Morgan fingerprint density at radius 1 is 1.21 bits per heavy atom. The van der Waals surface area contributed by atoms with Crippen LogP contribution in [0.2, 0.25) is 0 Å². The number of benzene rings is 1. The number of rotatable bonds is 3. The Morgan fingerprint density at radius 3 is 2.36 bits per heavy atom. The van der Waals surface area contributed by atoms with Crippen LogP contribution in [0.3, 0.4) is 0 Å². The van der Waals surface area contributed by atoms with Crippen LogP contribution in [0.5, 0.6) is 0 Å². The van der Waals surface area contributed by atoms with Gasteiger partial charge in [0, 0.05) is 31.9 Å². The van der Waals surface area contributed by atoms with E-state index in [2.05, 4.69) is 4.90 Å². The van der Waals surface area contributed by atoms with Crippen LogP contribution in [0.15, 0.2) is 24.3 Å². The Balaban J connectivity index is 1.61. The number of ether oxygens (including phenoxy) is 2. The van der Waals surface area contributed by atoms with Crippen molar-refractivity contribution in [2.75, 3.05) is 37.7 Å². The highest BCUT2D eigenvalue weighted by Crippen LogP contribution is 2.34. The van der Waals surface area contributed by atoms with Crippen molar-refractivity contribution in [1.29, 1.82) is 0 Å². The van der Waals surface area contributed by atoms with Crippen LogP contribution in [0.25, 0.3) is 0 Å². The van der Waals surface area contributed by atoms with E-state index in [4.69, 9.17) is 9.47 Å². The number of nitrogens with zero attached hydrogens (tertiary/aromatic N) is 3. The first kappa shape index (κ1) is 20.2. The molecule has 0 spiro atoms. The third-order valence-electron chi connectivity index (χ3n) is 4.73. The fourth-order valence-corrected chi connectivity index (χ4v) is 3.34. The first-order chi connectivity index (χ1) is 13.2. The van der Waals surface area contributed by atoms with Gasteiger partial charge in [0.05, 0.1) is 6.61 Å². The van der Waals surface area contributed by atoms with Crippen LogP contribution in [0.4, 0.5) is 19.8 Å². The van der Waals surface area contributed by atoms with Gasteiger partial charge in [0.1, 0.15) is 11.6 Å². The lowest BCUT2D eigenvalue weighted by molar-refractivity contribution is 0.0240. The Kier molecular flexibility index (Phi) is 5.64. The summed E-state index contributed by atoms with van der Waals surface area (Å²) in [5.74, 6) is 0. The van der Waals surface area contributed by atoms with Gasteiger partial charge in [0.25, 0.3) is 0 Å². The van der Waals surface area contributed by atoms with Crippen LogP contribution < -0.4 is 4.90 Å². The number of hydrogen-bond donors (Lipinski definition) is 1. The summed E-state index contributed by atoms with van der Waals surface area (Å²) >= 11 is 0. The number of hydrogen-bond acceptors (Lipinski definition) is 6. The number of halogens is 1. The molecule has 0 bridgehead atoms. The van der Waals surface area contributed by atoms with E-state index in [-0.39, 0.29) is 11.2 Å². The zero-order valence-corrected chi connectivity index (χ0v) is 16.3. The molecule has 2 heterocycles. The lowest BCUT2D eigenvalue weighted by Crippen LogP contribution is -2.50. The van der Waals surface area contributed by atoms with E-state index in [9.17, 15) is 19.2 Å². The standard InChI is InChI=1S/C19H26FN3O5/c1-19(2,3)28-17(25)22-10-8-21(9-11-22)14-6-4-13(5-7-14)16-15(12-24)27-18(26)23(16)20/h4-7,15-16,24H,8-12H2,1-3H3. The smallest absolute Gasteiger partial charge is 0.439 e. The van der Waals surface area contributed by atoms with Crippen molar-refractivity contribution in [3.8, 4) is 0 Å². The molecule has 1 aromatic rings. The highest BCUT2D eigenvalue weighted by atomic mass is 19.2. The van der Waals surface area contributed by atoms with Crippen molar-refractivity contribution >= 4 is 17.9 Å². The number of carbonyl (C=O) groups excluding carboxylic acids is 2. The number of piperazine rings is 1. The fraction of sp³-hybridized carbons (Fsp3) is 0.579. The van der Waals surface area contributed by atoms with Gasteiger partial charge >= 0.3 is 12.2 Å². The third-order valence-corrected chi connectivity index (χ3v) is 4.73. The molecule has 2 amide bonds. The molecule has 9 heteroatoms. The molecule has 2 aliphatic heterocycles. The second kappa shape index (κ2) is 7.83. The molecular formula is C19H26FN3O5. The minimum Gasteiger partial charge on any atom is -0.444 e. The maximum Gasteiger partial charge on any atom is 0.439 e. The number of anilines is 1. The quantitative estimate of drug-likeness (QED) is 0.792. The predicted octanol–water partition coefficient (Wildman–Crippen LogP) is 2.48. The van der Waals surface area contributed by atoms with Crippen LogP contribution >= 0.6 is 0 Å². The van der Waals surface area contributed by atoms with Crippen LogP contribution in [-0.4, -0.2) is 71.8 Å². The van der Waals surface area contributed by atoms with Crippen LogP contribution in [0, 0.1) is 0 Å². The molecule has 0 aromatic heterocycles. The molecule has 1 aromatic carbocycles. The molecule has 28 heavy (non-hydrogen) atoms. The van der Waals surface area contributed by atoms with Crippen molar-refractivity contribution in [1.82, 2.24) is 10.0 Å². The van der Waals surface area contributed by atoms with Crippen molar-refractivity contribution in [2.24, 2.45) is 0 Å².